The summed E-state index contributed by atoms with van der Waals surface area (Å²) in [6.07, 6.45) is 0. The molecule has 5 nitrogen and oxygen atoms in total. The molecule has 1 fully saturated rings. The van der Waals surface area contributed by atoms with Crippen molar-refractivity contribution < 1.29 is 39.0 Å². The van der Waals surface area contributed by atoms with Crippen molar-refractivity contribution in [1.29, 1.82) is 0 Å². The van der Waals surface area contributed by atoms with Crippen LogP contribution in [0.3, 0.4) is 0 Å². The van der Waals surface area contributed by atoms with Gasteiger partial charge in [0, 0.05) is 43.2 Å². The minimum absolute atomic E-state index is 0. The second-order valence-electron chi connectivity index (χ2n) is 6.18. The Morgan fingerprint density at radius 2 is 1.93 bits per heavy atom. The van der Waals surface area contributed by atoms with Crippen LogP contribution in [-0.2, 0) is 17.9 Å². The molecule has 8 heteroatoms. The van der Waals surface area contributed by atoms with Gasteiger partial charge < -0.3 is 44.3 Å². The zero-order valence-electron chi connectivity index (χ0n) is 16.2. The maximum Gasteiger partial charge on any atom is 0.166 e. The van der Waals surface area contributed by atoms with E-state index < -0.39 is 0 Å². The first-order valence-electron chi connectivity index (χ1n) is 9.27. The molecular weight excluding hydrogens is 419 g/mol. The number of hydrogen-bond donors (Lipinski definition) is 1. The van der Waals surface area contributed by atoms with E-state index in [0.717, 1.165) is 63.0 Å². The third kappa shape index (κ3) is 7.78. The first kappa shape index (κ1) is 25.0. The number of nitrogens with one attached hydrogen (secondary N) is 1. The van der Waals surface area contributed by atoms with E-state index in [1.165, 1.54) is 4.88 Å². The number of hydrogen-bond acceptors (Lipinski definition) is 6. The van der Waals surface area contributed by atoms with Crippen LogP contribution in [0.25, 0.3) is 0 Å². The number of nitrogens with zero attached hydrogens (tertiary/aromatic N) is 1. The van der Waals surface area contributed by atoms with E-state index in [9.17, 15) is 0 Å². The zero-order valence-corrected chi connectivity index (χ0v) is 18.5. The molecule has 0 saturated carbocycles. The minimum atomic E-state index is 0. The summed E-state index contributed by atoms with van der Waals surface area (Å²) in [6.45, 7) is 9.69. The van der Waals surface area contributed by atoms with Crippen LogP contribution in [0.1, 0.15) is 17.4 Å². The lowest BCUT2D eigenvalue weighted by atomic mass is 10.2. The molecule has 1 N–H and O–H groups in total. The molecular formula is C20H28Cl2N2O3S-2. The summed E-state index contributed by atoms with van der Waals surface area (Å²) in [4.78, 5) is 3.64. The Bertz CT molecular complexity index is 653. The van der Waals surface area contributed by atoms with E-state index in [1.807, 2.05) is 25.1 Å². The SMILES string of the molecule is CCOc1cccc(CNCCN2CCOCC2)c1OCc1cccs1.[Cl-].[Cl-]. The van der Waals surface area contributed by atoms with Crippen LogP contribution in [0.15, 0.2) is 35.7 Å². The number of benzene rings is 1. The summed E-state index contributed by atoms with van der Waals surface area (Å²) in [5.74, 6) is 1.66. The van der Waals surface area contributed by atoms with Gasteiger partial charge >= 0.3 is 0 Å². The highest BCUT2D eigenvalue weighted by Crippen LogP contribution is 2.32. The van der Waals surface area contributed by atoms with E-state index in [2.05, 4.69) is 27.7 Å². The van der Waals surface area contributed by atoms with Gasteiger partial charge in [-0.25, -0.2) is 0 Å². The number of para-hydroxylation sites is 1. The largest absolute Gasteiger partial charge is 1.00 e. The summed E-state index contributed by atoms with van der Waals surface area (Å²) < 4.78 is 17.3. The molecule has 0 unspecified atom stereocenters. The summed E-state index contributed by atoms with van der Waals surface area (Å²) in [5, 5.41) is 5.61. The van der Waals surface area contributed by atoms with Gasteiger partial charge in [-0.15, -0.1) is 11.3 Å². The fourth-order valence-corrected chi connectivity index (χ4v) is 3.57. The lowest BCUT2D eigenvalue weighted by molar-refractivity contribution is -0.00100. The normalized spacial score (nSPS) is 14.0. The van der Waals surface area contributed by atoms with Crippen LogP contribution in [0.2, 0.25) is 0 Å². The van der Waals surface area contributed by atoms with Gasteiger partial charge in [-0.3, -0.25) is 4.90 Å². The van der Waals surface area contributed by atoms with Crippen molar-refractivity contribution in [3.63, 3.8) is 0 Å². The summed E-state index contributed by atoms with van der Waals surface area (Å²) >= 11 is 1.71. The molecule has 1 aliphatic rings. The van der Waals surface area contributed by atoms with E-state index in [1.54, 1.807) is 11.3 Å². The molecule has 0 amide bonds. The number of ether oxygens (including phenoxy) is 3. The van der Waals surface area contributed by atoms with Crippen molar-refractivity contribution in [2.75, 3.05) is 46.0 Å². The predicted octanol–water partition coefficient (Wildman–Crippen LogP) is -2.84. The molecule has 0 radical (unpaired) electrons. The standard InChI is InChI=1S/C20H28N2O3S.2ClH/c1-2-24-19-7-3-5-17(20(19)25-16-18-6-4-14-26-18)15-21-8-9-22-10-12-23-13-11-22;;/h3-7,14,21H,2,8-13,15-16H2,1H3;2*1H/p-2. The van der Waals surface area contributed by atoms with Gasteiger partial charge in [0.2, 0.25) is 0 Å². The van der Waals surface area contributed by atoms with Crippen molar-refractivity contribution in [2.45, 2.75) is 20.1 Å². The topological polar surface area (TPSA) is 43.0 Å². The maximum absolute atomic E-state index is 6.13. The average molecular weight is 447 g/mol. The van der Waals surface area contributed by atoms with Gasteiger partial charge in [0.15, 0.2) is 11.5 Å². The van der Waals surface area contributed by atoms with Crippen LogP contribution in [-0.4, -0.2) is 50.9 Å². The van der Waals surface area contributed by atoms with Crippen LogP contribution in [0.4, 0.5) is 0 Å². The van der Waals surface area contributed by atoms with Crippen molar-refractivity contribution in [2.24, 2.45) is 0 Å². The molecule has 1 aromatic carbocycles. The zero-order chi connectivity index (χ0) is 18.0. The Balaban J connectivity index is 0.00000196. The third-order valence-corrected chi connectivity index (χ3v) is 5.17. The van der Waals surface area contributed by atoms with E-state index in [0.29, 0.717) is 13.2 Å². The summed E-state index contributed by atoms with van der Waals surface area (Å²) in [7, 11) is 0. The van der Waals surface area contributed by atoms with Crippen LogP contribution < -0.4 is 39.6 Å². The van der Waals surface area contributed by atoms with Crippen molar-refractivity contribution in [1.82, 2.24) is 10.2 Å². The van der Waals surface area contributed by atoms with Gasteiger partial charge in [-0.1, -0.05) is 18.2 Å². The Labute approximate surface area is 184 Å². The van der Waals surface area contributed by atoms with Crippen LogP contribution in [0, 0.1) is 0 Å². The highest BCUT2D eigenvalue weighted by atomic mass is 35.5. The third-order valence-electron chi connectivity index (χ3n) is 4.32. The highest BCUT2D eigenvalue weighted by molar-refractivity contribution is 7.09. The number of morpholine rings is 1. The monoisotopic (exact) mass is 446 g/mol. The van der Waals surface area contributed by atoms with Crippen molar-refractivity contribution in [3.05, 3.63) is 46.2 Å². The molecule has 1 saturated heterocycles. The molecule has 2 heterocycles. The highest BCUT2D eigenvalue weighted by Gasteiger charge is 2.13. The number of halogens is 2. The predicted molar refractivity (Wildman–Crippen MR) is 105 cm³/mol. The second-order valence-corrected chi connectivity index (χ2v) is 7.21. The molecule has 0 aliphatic carbocycles. The molecule has 1 aromatic heterocycles. The molecule has 28 heavy (non-hydrogen) atoms. The van der Waals surface area contributed by atoms with Gasteiger partial charge in [0.1, 0.15) is 6.61 Å². The second kappa shape index (κ2) is 14.0. The van der Waals surface area contributed by atoms with Crippen LogP contribution >= 0.6 is 11.3 Å². The summed E-state index contributed by atoms with van der Waals surface area (Å²) in [6, 6.07) is 10.3. The minimum Gasteiger partial charge on any atom is -1.00 e. The van der Waals surface area contributed by atoms with Crippen LogP contribution in [0.5, 0.6) is 11.5 Å². The molecule has 3 rings (SSSR count). The Kier molecular flexibility index (Phi) is 12.5. The molecule has 0 bridgehead atoms. The molecule has 0 spiro atoms. The van der Waals surface area contributed by atoms with E-state index in [-0.39, 0.29) is 24.8 Å². The van der Waals surface area contributed by atoms with Gasteiger partial charge in [0.05, 0.1) is 19.8 Å². The fraction of sp³-hybridized carbons (Fsp3) is 0.500. The Morgan fingerprint density at radius 3 is 2.64 bits per heavy atom. The lowest BCUT2D eigenvalue weighted by Gasteiger charge is -2.26. The van der Waals surface area contributed by atoms with Gasteiger partial charge in [0.25, 0.3) is 0 Å². The fourth-order valence-electron chi connectivity index (χ4n) is 2.96. The first-order chi connectivity index (χ1) is 12.9. The van der Waals surface area contributed by atoms with Gasteiger partial charge in [-0.2, -0.15) is 0 Å². The Hall–Kier alpha value is -1.02. The smallest absolute Gasteiger partial charge is 0.166 e. The summed E-state index contributed by atoms with van der Waals surface area (Å²) in [5.41, 5.74) is 1.13. The Morgan fingerprint density at radius 1 is 1.11 bits per heavy atom. The van der Waals surface area contributed by atoms with E-state index in [4.69, 9.17) is 14.2 Å². The number of rotatable bonds is 10. The quantitative estimate of drug-likeness (QED) is 0.398. The van der Waals surface area contributed by atoms with Crippen molar-refractivity contribution in [3.8, 4) is 11.5 Å². The maximum atomic E-state index is 6.13. The molecule has 2 aromatic rings. The lowest BCUT2D eigenvalue weighted by Crippen LogP contribution is -3.00. The van der Waals surface area contributed by atoms with E-state index >= 15 is 0 Å². The van der Waals surface area contributed by atoms with Crippen molar-refractivity contribution >= 4 is 11.3 Å². The average Bonchev–Trinajstić information content (AvgIpc) is 3.19. The first-order valence-corrected chi connectivity index (χ1v) is 10.2. The molecule has 158 valence electrons. The van der Waals surface area contributed by atoms with Gasteiger partial charge in [-0.05, 0) is 24.4 Å². The number of thiophene rings is 1. The molecule has 0 atom stereocenters. The molecule has 1 aliphatic heterocycles.